The molecule has 2 nitrogen and oxygen atoms in total. The molecule has 0 amide bonds. The summed E-state index contributed by atoms with van der Waals surface area (Å²) in [6.07, 6.45) is 1.84. The summed E-state index contributed by atoms with van der Waals surface area (Å²) < 4.78 is 0. The van der Waals surface area contributed by atoms with E-state index in [1.54, 1.807) is 0 Å². The maximum absolute atomic E-state index is 4.44. The van der Waals surface area contributed by atoms with Crippen molar-refractivity contribution in [2.75, 3.05) is 5.32 Å². The van der Waals surface area contributed by atoms with Crippen molar-refractivity contribution in [3.63, 3.8) is 0 Å². The van der Waals surface area contributed by atoms with Gasteiger partial charge in [0.1, 0.15) is 5.82 Å². The lowest BCUT2D eigenvalue weighted by molar-refractivity contribution is 1.28. The Morgan fingerprint density at radius 3 is 2.05 bits per heavy atom. The van der Waals surface area contributed by atoms with E-state index in [4.69, 9.17) is 0 Å². The van der Waals surface area contributed by atoms with Crippen LogP contribution >= 0.6 is 0 Å². The van der Waals surface area contributed by atoms with Gasteiger partial charge in [-0.25, -0.2) is 4.98 Å². The molecule has 4 aromatic rings. The third-order valence-electron chi connectivity index (χ3n) is 3.94. The smallest absolute Gasteiger partial charge is 0.130 e. The average Bonchev–Trinajstić information content (AvgIpc) is 2.55. The van der Waals surface area contributed by atoms with E-state index in [1.165, 1.54) is 27.1 Å². The Morgan fingerprint density at radius 1 is 0.773 bits per heavy atom. The van der Waals surface area contributed by atoms with E-state index in [9.17, 15) is 0 Å². The number of benzene rings is 3. The molecule has 0 aliphatic carbocycles. The van der Waals surface area contributed by atoms with Crippen LogP contribution in [0.1, 0.15) is 5.56 Å². The predicted molar refractivity (Wildman–Crippen MR) is 93.7 cm³/mol. The molecule has 0 spiro atoms. The Kier molecular flexibility index (Phi) is 3.01. The van der Waals surface area contributed by atoms with E-state index in [2.05, 4.69) is 77.9 Å². The highest BCUT2D eigenvalue weighted by Gasteiger charge is 2.08. The van der Waals surface area contributed by atoms with Gasteiger partial charge in [-0.3, -0.25) is 0 Å². The van der Waals surface area contributed by atoms with Gasteiger partial charge in [0.15, 0.2) is 0 Å². The lowest BCUT2D eigenvalue weighted by Gasteiger charge is -2.13. The van der Waals surface area contributed by atoms with E-state index in [0.29, 0.717) is 0 Å². The van der Waals surface area contributed by atoms with Crippen molar-refractivity contribution in [1.82, 2.24) is 4.98 Å². The van der Waals surface area contributed by atoms with Crippen molar-refractivity contribution in [3.05, 3.63) is 78.5 Å². The molecule has 0 saturated heterocycles. The third-order valence-corrected chi connectivity index (χ3v) is 3.94. The van der Waals surface area contributed by atoms with Gasteiger partial charge < -0.3 is 5.32 Å². The summed E-state index contributed by atoms with van der Waals surface area (Å²) in [7, 11) is 0. The van der Waals surface area contributed by atoms with Gasteiger partial charge in [-0.15, -0.1) is 0 Å². The van der Waals surface area contributed by atoms with Crippen molar-refractivity contribution >= 4 is 33.1 Å². The van der Waals surface area contributed by atoms with E-state index in [-0.39, 0.29) is 0 Å². The Bertz CT molecular complexity index is 919. The second kappa shape index (κ2) is 5.15. The minimum absolute atomic E-state index is 0.876. The molecule has 0 aliphatic rings. The van der Waals surface area contributed by atoms with Crippen LogP contribution in [0.25, 0.3) is 21.5 Å². The van der Waals surface area contributed by atoms with E-state index >= 15 is 0 Å². The van der Waals surface area contributed by atoms with Crippen molar-refractivity contribution in [1.29, 1.82) is 0 Å². The van der Waals surface area contributed by atoms with Crippen LogP contribution in [-0.2, 0) is 0 Å². The zero-order valence-electron chi connectivity index (χ0n) is 12.4. The maximum atomic E-state index is 4.44. The van der Waals surface area contributed by atoms with E-state index in [0.717, 1.165) is 11.5 Å². The lowest BCUT2D eigenvalue weighted by Crippen LogP contribution is -1.96. The second-order valence-electron chi connectivity index (χ2n) is 5.54. The molecule has 0 unspecified atom stereocenters. The van der Waals surface area contributed by atoms with Crippen LogP contribution in [0, 0.1) is 6.92 Å². The Morgan fingerprint density at radius 2 is 1.41 bits per heavy atom. The summed E-state index contributed by atoms with van der Waals surface area (Å²) >= 11 is 0. The van der Waals surface area contributed by atoms with Crippen LogP contribution in [0.2, 0.25) is 0 Å². The first-order chi connectivity index (χ1) is 10.8. The van der Waals surface area contributed by atoms with E-state index < -0.39 is 0 Å². The number of aryl methyl sites for hydroxylation is 1. The highest BCUT2D eigenvalue weighted by Crippen LogP contribution is 2.34. The molecule has 1 aromatic heterocycles. The zero-order valence-corrected chi connectivity index (χ0v) is 12.4. The molecule has 0 aliphatic heterocycles. The quantitative estimate of drug-likeness (QED) is 0.496. The highest BCUT2D eigenvalue weighted by molar-refractivity contribution is 6.11. The van der Waals surface area contributed by atoms with Gasteiger partial charge in [-0.05, 0) is 41.5 Å². The fourth-order valence-electron chi connectivity index (χ4n) is 2.88. The maximum Gasteiger partial charge on any atom is 0.130 e. The molecule has 0 radical (unpaired) electrons. The third kappa shape index (κ3) is 2.19. The fraction of sp³-hybridized carbons (Fsp3) is 0.0500. The van der Waals surface area contributed by atoms with Crippen molar-refractivity contribution < 1.29 is 0 Å². The van der Waals surface area contributed by atoms with Crippen molar-refractivity contribution in [2.45, 2.75) is 6.92 Å². The first-order valence-electron chi connectivity index (χ1n) is 7.41. The summed E-state index contributed by atoms with van der Waals surface area (Å²) in [6, 6.07) is 23.2. The topological polar surface area (TPSA) is 24.9 Å². The van der Waals surface area contributed by atoms with Gasteiger partial charge in [0.2, 0.25) is 0 Å². The molecule has 0 fully saturated rings. The second-order valence-corrected chi connectivity index (χ2v) is 5.54. The average molecular weight is 284 g/mol. The Balaban J connectivity index is 2.00. The standard InChI is InChI=1S/C20H16N2/c1-14-10-11-21-19(12-14)22-20-17-8-4-2-6-15(17)13-16-7-3-5-9-18(16)20/h2-13H,1H3,(H,21,22). The summed E-state index contributed by atoms with van der Waals surface area (Å²) in [6.45, 7) is 2.08. The van der Waals surface area contributed by atoms with Crippen LogP contribution in [0.3, 0.4) is 0 Å². The fourth-order valence-corrected chi connectivity index (χ4v) is 2.88. The van der Waals surface area contributed by atoms with Crippen molar-refractivity contribution in [3.8, 4) is 0 Å². The summed E-state index contributed by atoms with van der Waals surface area (Å²) in [5.41, 5.74) is 2.31. The molecule has 0 bridgehead atoms. The van der Waals surface area contributed by atoms with Crippen LogP contribution in [0.5, 0.6) is 0 Å². The van der Waals surface area contributed by atoms with Crippen LogP contribution < -0.4 is 5.32 Å². The van der Waals surface area contributed by atoms with E-state index in [1.807, 2.05) is 12.3 Å². The summed E-state index contributed by atoms with van der Waals surface area (Å²) in [5.74, 6) is 0.876. The molecular formula is C20H16N2. The molecule has 3 aromatic carbocycles. The molecule has 22 heavy (non-hydrogen) atoms. The van der Waals surface area contributed by atoms with Gasteiger partial charge >= 0.3 is 0 Å². The molecule has 0 atom stereocenters. The first-order valence-corrected chi connectivity index (χ1v) is 7.41. The summed E-state index contributed by atoms with van der Waals surface area (Å²) in [5, 5.41) is 8.41. The predicted octanol–water partition coefficient (Wildman–Crippen LogP) is 5.44. The minimum Gasteiger partial charge on any atom is -0.339 e. The van der Waals surface area contributed by atoms with Crippen LogP contribution in [0.4, 0.5) is 11.5 Å². The van der Waals surface area contributed by atoms with Gasteiger partial charge in [-0.1, -0.05) is 48.5 Å². The lowest BCUT2D eigenvalue weighted by atomic mass is 10.0. The molecular weight excluding hydrogens is 268 g/mol. The zero-order chi connectivity index (χ0) is 14.9. The van der Waals surface area contributed by atoms with Crippen molar-refractivity contribution in [2.24, 2.45) is 0 Å². The SMILES string of the molecule is Cc1ccnc(Nc2c3ccccc3cc3ccccc23)c1. The normalized spacial score (nSPS) is 11.0. The first kappa shape index (κ1) is 12.8. The number of hydrogen-bond donors (Lipinski definition) is 1. The number of rotatable bonds is 2. The molecule has 2 heteroatoms. The monoisotopic (exact) mass is 284 g/mol. The highest BCUT2D eigenvalue weighted by atomic mass is 15.0. The number of fused-ring (bicyclic) bond motifs is 2. The molecule has 0 saturated carbocycles. The number of hydrogen-bond acceptors (Lipinski definition) is 2. The number of pyridine rings is 1. The molecule has 1 N–H and O–H groups in total. The number of aromatic nitrogens is 1. The molecule has 106 valence electrons. The van der Waals surface area contributed by atoms with Crippen LogP contribution in [0.15, 0.2) is 72.9 Å². The molecule has 1 heterocycles. The van der Waals surface area contributed by atoms with Gasteiger partial charge in [0, 0.05) is 17.0 Å². The number of anilines is 2. The Hall–Kier alpha value is -2.87. The largest absolute Gasteiger partial charge is 0.339 e. The number of nitrogens with one attached hydrogen (secondary N) is 1. The summed E-state index contributed by atoms with van der Waals surface area (Å²) in [4.78, 5) is 4.44. The van der Waals surface area contributed by atoms with Gasteiger partial charge in [0.05, 0.1) is 5.69 Å². The molecule has 4 rings (SSSR count). The Labute approximate surface area is 129 Å². The number of nitrogens with zero attached hydrogens (tertiary/aromatic N) is 1. The van der Waals surface area contributed by atoms with Gasteiger partial charge in [-0.2, -0.15) is 0 Å². The minimum atomic E-state index is 0.876. The van der Waals surface area contributed by atoms with Gasteiger partial charge in [0.25, 0.3) is 0 Å². The van der Waals surface area contributed by atoms with Crippen LogP contribution in [-0.4, -0.2) is 4.98 Å².